The Bertz CT molecular complexity index is 696. The molecule has 0 aliphatic heterocycles. The molecule has 0 atom stereocenters. The van der Waals surface area contributed by atoms with Gasteiger partial charge in [-0.05, 0) is 49.0 Å². The van der Waals surface area contributed by atoms with Gasteiger partial charge >= 0.3 is 6.61 Å². The van der Waals surface area contributed by atoms with Crippen molar-refractivity contribution < 1.29 is 18.3 Å². The smallest absolute Gasteiger partial charge is 0.387 e. The highest BCUT2D eigenvalue weighted by Crippen LogP contribution is 2.28. The van der Waals surface area contributed by atoms with Gasteiger partial charge in [0.2, 0.25) is 0 Å². The van der Waals surface area contributed by atoms with Gasteiger partial charge in [-0.2, -0.15) is 8.78 Å². The van der Waals surface area contributed by atoms with E-state index in [1.165, 1.54) is 6.07 Å². The van der Waals surface area contributed by atoms with Gasteiger partial charge in [-0.25, -0.2) is 0 Å². The molecule has 0 amide bonds. The minimum Gasteiger partial charge on any atom is -0.495 e. The van der Waals surface area contributed by atoms with Crippen molar-refractivity contribution in [1.29, 1.82) is 0 Å². The minimum absolute atomic E-state index is 0.0316. The fourth-order valence-electron chi connectivity index (χ4n) is 1.95. The van der Waals surface area contributed by atoms with Crippen LogP contribution in [0.3, 0.4) is 0 Å². The molecular formula is C16H16F2N2O2S. The normalized spacial score (nSPS) is 10.3. The second kappa shape index (κ2) is 7.73. The number of benzene rings is 2. The Morgan fingerprint density at radius 3 is 2.35 bits per heavy atom. The second-order valence-electron chi connectivity index (χ2n) is 4.66. The van der Waals surface area contributed by atoms with Crippen LogP contribution >= 0.6 is 12.2 Å². The van der Waals surface area contributed by atoms with Gasteiger partial charge < -0.3 is 20.1 Å². The highest BCUT2D eigenvalue weighted by Gasteiger charge is 2.12. The molecule has 0 aliphatic carbocycles. The lowest BCUT2D eigenvalue weighted by atomic mass is 10.2. The van der Waals surface area contributed by atoms with E-state index in [-0.39, 0.29) is 10.9 Å². The maximum absolute atomic E-state index is 12.5. The van der Waals surface area contributed by atoms with Crippen LogP contribution < -0.4 is 20.1 Å². The summed E-state index contributed by atoms with van der Waals surface area (Å²) in [5, 5.41) is 6.04. The van der Waals surface area contributed by atoms with Crippen LogP contribution in [-0.2, 0) is 0 Å². The topological polar surface area (TPSA) is 42.5 Å². The number of anilines is 2. The molecule has 2 N–H and O–H groups in total. The van der Waals surface area contributed by atoms with Crippen LogP contribution in [0.1, 0.15) is 5.56 Å². The molecule has 2 rings (SSSR count). The standard InChI is InChI=1S/C16H16F2N2O2S/c1-10-7-8-12(14(9-10)22-15(17)18)20-16(23)19-11-5-3-4-6-13(11)21-2/h3-9,15H,1-2H3,(H2,19,20,23). The van der Waals surface area contributed by atoms with Crippen LogP contribution in [0.5, 0.6) is 11.5 Å². The molecule has 2 aromatic rings. The summed E-state index contributed by atoms with van der Waals surface area (Å²) in [5.41, 5.74) is 1.81. The van der Waals surface area contributed by atoms with Crippen molar-refractivity contribution in [3.63, 3.8) is 0 Å². The zero-order valence-corrected chi connectivity index (χ0v) is 13.4. The third-order valence-electron chi connectivity index (χ3n) is 2.96. The molecule has 0 aromatic heterocycles. The number of rotatable bonds is 5. The first kappa shape index (κ1) is 17.0. The number of halogens is 2. The summed E-state index contributed by atoms with van der Waals surface area (Å²) < 4.78 is 34.7. The summed E-state index contributed by atoms with van der Waals surface area (Å²) in [7, 11) is 1.55. The summed E-state index contributed by atoms with van der Waals surface area (Å²) in [6, 6.07) is 12.1. The molecule has 0 aliphatic rings. The van der Waals surface area contributed by atoms with Crippen molar-refractivity contribution in [1.82, 2.24) is 0 Å². The van der Waals surface area contributed by atoms with Gasteiger partial charge in [0, 0.05) is 0 Å². The highest BCUT2D eigenvalue weighted by atomic mass is 32.1. The van der Waals surface area contributed by atoms with Crippen molar-refractivity contribution >= 4 is 28.7 Å². The van der Waals surface area contributed by atoms with Crippen LogP contribution in [-0.4, -0.2) is 18.8 Å². The Morgan fingerprint density at radius 1 is 1.04 bits per heavy atom. The molecule has 7 heteroatoms. The van der Waals surface area contributed by atoms with Crippen molar-refractivity contribution in [2.75, 3.05) is 17.7 Å². The Morgan fingerprint density at radius 2 is 1.70 bits per heavy atom. The number of hydrogen-bond acceptors (Lipinski definition) is 3. The number of para-hydroxylation sites is 2. The molecule has 0 unspecified atom stereocenters. The van der Waals surface area contributed by atoms with Crippen molar-refractivity contribution in [2.45, 2.75) is 13.5 Å². The predicted octanol–water partition coefficient (Wildman–Crippen LogP) is 4.41. The van der Waals surface area contributed by atoms with Gasteiger partial charge in [-0.15, -0.1) is 0 Å². The van der Waals surface area contributed by atoms with E-state index in [1.807, 2.05) is 12.1 Å². The van der Waals surface area contributed by atoms with E-state index in [1.54, 1.807) is 38.3 Å². The molecule has 0 saturated heterocycles. The van der Waals surface area contributed by atoms with Crippen molar-refractivity contribution in [2.24, 2.45) is 0 Å². The van der Waals surface area contributed by atoms with Gasteiger partial charge in [0.15, 0.2) is 5.11 Å². The van der Waals surface area contributed by atoms with Crippen LogP contribution in [0, 0.1) is 6.92 Å². The first-order valence-corrected chi connectivity index (χ1v) is 7.17. The van der Waals surface area contributed by atoms with E-state index in [9.17, 15) is 8.78 Å². The molecule has 2 aromatic carbocycles. The molecule has 4 nitrogen and oxygen atoms in total. The number of alkyl halides is 2. The molecule has 0 fully saturated rings. The van der Waals surface area contributed by atoms with Gasteiger partial charge in [0.25, 0.3) is 0 Å². The fourth-order valence-corrected chi connectivity index (χ4v) is 2.17. The van der Waals surface area contributed by atoms with Gasteiger partial charge in [-0.3, -0.25) is 0 Å². The molecule has 0 saturated carbocycles. The maximum atomic E-state index is 12.5. The lowest BCUT2D eigenvalue weighted by molar-refractivity contribution is -0.0493. The van der Waals surface area contributed by atoms with Crippen LogP contribution in [0.2, 0.25) is 0 Å². The molecule has 0 radical (unpaired) electrons. The number of nitrogens with one attached hydrogen (secondary N) is 2. The highest BCUT2D eigenvalue weighted by molar-refractivity contribution is 7.80. The zero-order valence-electron chi connectivity index (χ0n) is 12.6. The SMILES string of the molecule is COc1ccccc1NC(=S)Nc1ccc(C)cc1OC(F)F. The minimum atomic E-state index is -2.91. The van der Waals surface area contributed by atoms with E-state index in [0.29, 0.717) is 17.1 Å². The van der Waals surface area contributed by atoms with Crippen LogP contribution in [0.4, 0.5) is 20.2 Å². The van der Waals surface area contributed by atoms with Gasteiger partial charge in [0.1, 0.15) is 11.5 Å². The first-order valence-electron chi connectivity index (χ1n) is 6.76. The van der Waals surface area contributed by atoms with Gasteiger partial charge in [-0.1, -0.05) is 18.2 Å². The lowest BCUT2D eigenvalue weighted by Gasteiger charge is -2.16. The average Bonchev–Trinajstić information content (AvgIpc) is 2.50. The second-order valence-corrected chi connectivity index (χ2v) is 5.07. The fraction of sp³-hybridized carbons (Fsp3) is 0.188. The Balaban J connectivity index is 2.14. The summed E-state index contributed by atoms with van der Waals surface area (Å²) >= 11 is 5.21. The third kappa shape index (κ3) is 4.79. The van der Waals surface area contributed by atoms with Gasteiger partial charge in [0.05, 0.1) is 18.5 Å². The number of thiocarbonyl (C=S) groups is 1. The molecule has 122 valence electrons. The van der Waals surface area contributed by atoms with E-state index < -0.39 is 6.61 Å². The van der Waals surface area contributed by atoms with Crippen molar-refractivity contribution in [3.05, 3.63) is 48.0 Å². The Kier molecular flexibility index (Phi) is 5.70. The first-order chi connectivity index (χ1) is 11.0. The summed E-state index contributed by atoms with van der Waals surface area (Å²) in [5.74, 6) is 0.647. The summed E-state index contributed by atoms with van der Waals surface area (Å²) in [6.07, 6.45) is 0. The molecule has 0 spiro atoms. The van der Waals surface area contributed by atoms with E-state index >= 15 is 0 Å². The quantitative estimate of drug-likeness (QED) is 0.790. The summed E-state index contributed by atoms with van der Waals surface area (Å²) in [4.78, 5) is 0. The Hall–Kier alpha value is -2.41. The largest absolute Gasteiger partial charge is 0.495 e. The number of hydrogen-bond donors (Lipinski definition) is 2. The average molecular weight is 338 g/mol. The zero-order chi connectivity index (χ0) is 16.8. The molecular weight excluding hydrogens is 322 g/mol. The summed E-state index contributed by atoms with van der Waals surface area (Å²) in [6.45, 7) is -1.12. The number of methoxy groups -OCH3 is 1. The van der Waals surface area contributed by atoms with E-state index in [2.05, 4.69) is 15.4 Å². The molecule has 23 heavy (non-hydrogen) atoms. The van der Waals surface area contributed by atoms with Crippen LogP contribution in [0.15, 0.2) is 42.5 Å². The number of aryl methyl sites for hydroxylation is 1. The molecule has 0 heterocycles. The third-order valence-corrected chi connectivity index (χ3v) is 3.16. The number of ether oxygens (including phenoxy) is 2. The Labute approximate surface area is 138 Å². The maximum Gasteiger partial charge on any atom is 0.387 e. The van der Waals surface area contributed by atoms with E-state index in [0.717, 1.165) is 5.56 Å². The monoisotopic (exact) mass is 338 g/mol. The van der Waals surface area contributed by atoms with Crippen LogP contribution in [0.25, 0.3) is 0 Å². The predicted molar refractivity (Wildman–Crippen MR) is 90.6 cm³/mol. The molecule has 0 bridgehead atoms. The van der Waals surface area contributed by atoms with Crippen molar-refractivity contribution in [3.8, 4) is 11.5 Å². The van der Waals surface area contributed by atoms with E-state index in [4.69, 9.17) is 17.0 Å². The lowest BCUT2D eigenvalue weighted by Crippen LogP contribution is -2.20.